The van der Waals surface area contributed by atoms with Crippen LogP contribution >= 0.6 is 39.8 Å². The molecule has 1 aliphatic carbocycles. The molecule has 6 heteroatoms. The maximum atomic E-state index is 7.61. The van der Waals surface area contributed by atoms with Crippen LogP contribution in [-0.4, -0.2) is 16.5 Å². The minimum Gasteiger partial charge on any atom is -0.368 e. The lowest BCUT2D eigenvalue weighted by Crippen LogP contribution is -2.18. The van der Waals surface area contributed by atoms with Gasteiger partial charge in [-0.2, -0.15) is 0 Å². The first-order valence-corrected chi connectivity index (χ1v) is 13.4. The summed E-state index contributed by atoms with van der Waals surface area (Å²) in [7, 11) is 0. The maximum absolute atomic E-state index is 7.61. The van der Waals surface area contributed by atoms with E-state index in [1.807, 2.05) is 11.3 Å². The molecule has 1 aromatic heterocycles. The molecule has 1 saturated carbocycles. The predicted octanol–water partition coefficient (Wildman–Crippen LogP) is 6.14. The highest BCUT2D eigenvalue weighted by atomic mass is 127. The Morgan fingerprint density at radius 1 is 1.32 bits per heavy atom. The van der Waals surface area contributed by atoms with Crippen molar-refractivity contribution in [1.82, 2.24) is 0 Å². The number of halogens is 1. The highest BCUT2D eigenvalue weighted by Crippen LogP contribution is 2.43. The molecule has 1 heterocycles. The van der Waals surface area contributed by atoms with E-state index in [9.17, 15) is 0 Å². The molecule has 0 saturated heterocycles. The Hall–Kier alpha value is -0.0400. The van der Waals surface area contributed by atoms with Gasteiger partial charge in [0.1, 0.15) is 11.9 Å². The second kappa shape index (κ2) is 10.3. The van der Waals surface area contributed by atoms with Gasteiger partial charge in [-0.25, -0.2) is 0 Å². The van der Waals surface area contributed by atoms with Crippen LogP contribution in [0.3, 0.4) is 0 Å². The van der Waals surface area contributed by atoms with Crippen LogP contribution in [0.25, 0.3) is 10.1 Å². The van der Waals surface area contributed by atoms with E-state index in [1.54, 1.807) is 0 Å². The van der Waals surface area contributed by atoms with Crippen LogP contribution in [0.2, 0.25) is 0 Å². The fraction of sp³-hybridized carbons (Fsp3) is 0.474. The highest BCUT2D eigenvalue weighted by molar-refractivity contribution is 14.2. The third-order valence-electron chi connectivity index (χ3n) is 4.25. The fourth-order valence-corrected chi connectivity index (χ4v) is 5.85. The molecular formula is C19H26IO3PS. The molecule has 0 aliphatic heterocycles. The summed E-state index contributed by atoms with van der Waals surface area (Å²) in [5.41, 5.74) is -0.286. The van der Waals surface area contributed by atoms with E-state index in [0.717, 1.165) is 5.92 Å². The summed E-state index contributed by atoms with van der Waals surface area (Å²) < 4.78 is 7.48. The van der Waals surface area contributed by atoms with Gasteiger partial charge in [-0.15, -0.1) is 11.3 Å². The zero-order valence-corrected chi connectivity index (χ0v) is 18.6. The largest absolute Gasteiger partial charge is 0.368 e. The Bertz CT molecular complexity index is 646. The lowest BCUT2D eigenvalue weighted by molar-refractivity contribution is -0.0228. The van der Waals surface area contributed by atoms with E-state index in [-0.39, 0.29) is 5.60 Å². The molecule has 0 radical (unpaired) electrons. The molecule has 3 nitrogen and oxygen atoms in total. The number of benzene rings is 1. The van der Waals surface area contributed by atoms with Crippen LogP contribution < -0.4 is 0 Å². The second-order valence-corrected chi connectivity index (χ2v) is 9.23. The molecule has 0 bridgehead atoms. The third kappa shape index (κ3) is 6.56. The van der Waals surface area contributed by atoms with Gasteiger partial charge in [0, 0.05) is 9.58 Å². The summed E-state index contributed by atoms with van der Waals surface area (Å²) in [5.74, 6) is 0.750. The van der Waals surface area contributed by atoms with E-state index in [0.29, 0.717) is 6.45 Å². The molecule has 0 spiro atoms. The number of hydrogen-bond acceptors (Lipinski definition) is 4. The van der Waals surface area contributed by atoms with E-state index in [4.69, 9.17) is 14.7 Å². The van der Waals surface area contributed by atoms with Gasteiger partial charge in [0.05, 0.1) is 6.45 Å². The van der Waals surface area contributed by atoms with Crippen LogP contribution in [0.15, 0.2) is 42.5 Å². The van der Waals surface area contributed by atoms with Gasteiger partial charge >= 0.3 is 0 Å². The minimum atomic E-state index is -1.17. The average Bonchev–Trinajstić information content (AvgIpc) is 3.22. The normalized spacial score (nSPS) is 18.3. The first-order chi connectivity index (χ1) is 11.9. The van der Waals surface area contributed by atoms with E-state index in [2.05, 4.69) is 71.4 Å². The lowest BCUT2D eigenvalue weighted by Gasteiger charge is -2.24. The number of rotatable bonds is 5. The van der Waals surface area contributed by atoms with Crippen LogP contribution in [0.1, 0.15) is 44.4 Å². The molecule has 25 heavy (non-hydrogen) atoms. The number of hydrogen-bond donors (Lipinski definition) is 2. The molecule has 2 unspecified atom stereocenters. The summed E-state index contributed by atoms with van der Waals surface area (Å²) in [5, 5.41) is 16.5. The number of fused-ring (bicyclic) bond motifs is 1. The summed E-state index contributed by atoms with van der Waals surface area (Å²) in [6.45, 7) is 3.95. The highest BCUT2D eigenvalue weighted by Gasteiger charge is 2.27. The van der Waals surface area contributed by atoms with Gasteiger partial charge in [0.2, 0.25) is 0 Å². The SMILES string of the molecule is CC(/C=C/C1CCCC1)(OPI)c1cc2ccccc2s1.CC(O)O. The Balaban J connectivity index is 0.000000511. The molecule has 1 fully saturated rings. The standard InChI is InChI=1S/C17H20IOPS.C2H6O2/c1-17(19-20-18,11-10-13-6-2-3-7-13)16-12-14-8-4-5-9-15(14)21-16;1-2(3)4/h4-5,8-13,20H,2-3,6-7H2,1H3;2-4H,1H3/b11-10+;. The van der Waals surface area contributed by atoms with Crippen molar-refractivity contribution in [3.63, 3.8) is 0 Å². The van der Waals surface area contributed by atoms with Crippen molar-refractivity contribution >= 4 is 49.9 Å². The minimum absolute atomic E-state index is 0.286. The Morgan fingerprint density at radius 3 is 2.56 bits per heavy atom. The summed E-state index contributed by atoms with van der Waals surface area (Å²) in [6.07, 6.45) is 8.97. The summed E-state index contributed by atoms with van der Waals surface area (Å²) >= 11 is 4.17. The van der Waals surface area contributed by atoms with E-state index < -0.39 is 6.29 Å². The van der Waals surface area contributed by atoms with Gasteiger partial charge < -0.3 is 14.7 Å². The predicted molar refractivity (Wildman–Crippen MR) is 118 cm³/mol. The van der Waals surface area contributed by atoms with Crippen LogP contribution in [0, 0.1) is 5.92 Å². The Kier molecular flexibility index (Phi) is 8.79. The number of aliphatic hydroxyl groups is 2. The Labute approximate surface area is 168 Å². The van der Waals surface area contributed by atoms with Gasteiger partial charge in [0.15, 0.2) is 0 Å². The summed E-state index contributed by atoms with van der Waals surface area (Å²) in [6, 6.07) is 10.9. The molecule has 3 rings (SSSR count). The van der Waals surface area contributed by atoms with Crippen molar-refractivity contribution in [3.05, 3.63) is 47.4 Å². The molecule has 1 aliphatic rings. The van der Waals surface area contributed by atoms with Crippen LogP contribution in [0.5, 0.6) is 0 Å². The monoisotopic (exact) mass is 492 g/mol. The van der Waals surface area contributed by atoms with Crippen molar-refractivity contribution in [1.29, 1.82) is 0 Å². The van der Waals surface area contributed by atoms with Gasteiger partial charge in [-0.05, 0) is 72.2 Å². The van der Waals surface area contributed by atoms with E-state index in [1.165, 1.54) is 47.6 Å². The zero-order chi connectivity index (χ0) is 18.3. The number of allylic oxidation sites excluding steroid dienone is 1. The zero-order valence-electron chi connectivity index (χ0n) is 14.6. The molecule has 0 amide bonds. The van der Waals surface area contributed by atoms with Crippen molar-refractivity contribution in [2.75, 3.05) is 0 Å². The molecule has 2 aromatic rings. The van der Waals surface area contributed by atoms with Crippen molar-refractivity contribution in [2.45, 2.75) is 51.4 Å². The van der Waals surface area contributed by atoms with Gasteiger partial charge in [0.25, 0.3) is 0 Å². The molecule has 138 valence electrons. The Morgan fingerprint density at radius 2 is 1.96 bits per heavy atom. The lowest BCUT2D eigenvalue weighted by atomic mass is 9.99. The fourth-order valence-electron chi connectivity index (χ4n) is 2.94. The van der Waals surface area contributed by atoms with Gasteiger partial charge in [-0.3, -0.25) is 0 Å². The molecule has 2 atom stereocenters. The quantitative estimate of drug-likeness (QED) is 0.228. The smallest absolute Gasteiger partial charge is 0.148 e. The maximum Gasteiger partial charge on any atom is 0.148 e. The average molecular weight is 492 g/mol. The number of thiophene rings is 1. The van der Waals surface area contributed by atoms with Crippen molar-refractivity contribution < 1.29 is 14.7 Å². The van der Waals surface area contributed by atoms with Crippen molar-refractivity contribution in [3.8, 4) is 0 Å². The number of aliphatic hydroxyl groups excluding tert-OH is 1. The topological polar surface area (TPSA) is 49.7 Å². The van der Waals surface area contributed by atoms with Gasteiger partial charge in [-0.1, -0.05) is 43.2 Å². The molecular weight excluding hydrogens is 466 g/mol. The van der Waals surface area contributed by atoms with E-state index >= 15 is 0 Å². The third-order valence-corrected chi connectivity index (χ3v) is 6.75. The summed E-state index contributed by atoms with van der Waals surface area (Å²) in [4.78, 5) is 1.31. The first kappa shape index (κ1) is 21.3. The first-order valence-electron chi connectivity index (χ1n) is 8.53. The van der Waals surface area contributed by atoms with Crippen LogP contribution in [-0.2, 0) is 10.1 Å². The molecule has 2 N–H and O–H groups in total. The second-order valence-electron chi connectivity index (χ2n) is 6.47. The van der Waals surface area contributed by atoms with Crippen molar-refractivity contribution in [2.24, 2.45) is 5.92 Å². The van der Waals surface area contributed by atoms with Crippen LogP contribution in [0.4, 0.5) is 0 Å². The molecule has 1 aromatic carbocycles.